The van der Waals surface area contributed by atoms with Gasteiger partial charge in [0.2, 0.25) is 0 Å². The van der Waals surface area contributed by atoms with Gasteiger partial charge in [0.05, 0.1) is 10.5 Å². The zero-order chi connectivity index (χ0) is 13.4. The average molecular weight is 265 g/mol. The molecule has 0 bridgehead atoms. The Labute approximate surface area is 106 Å². The number of ether oxygens (including phenoxy) is 1. The minimum absolute atomic E-state index is 0.201. The average Bonchev–Trinajstić information content (AvgIpc) is 2.20. The molecule has 0 aliphatic heterocycles. The van der Waals surface area contributed by atoms with Gasteiger partial charge in [0.25, 0.3) is 0 Å². The van der Waals surface area contributed by atoms with E-state index in [2.05, 4.69) is 12.2 Å². The van der Waals surface area contributed by atoms with Crippen LogP contribution in [0.3, 0.4) is 0 Å². The van der Waals surface area contributed by atoms with Crippen LogP contribution in [-0.2, 0) is 14.6 Å². The molecule has 1 N–H and O–H groups in total. The fraction of sp³-hybridized carbons (Fsp3) is 1.00. The Morgan fingerprint density at radius 2 is 1.76 bits per heavy atom. The molecule has 0 atom stereocenters. The van der Waals surface area contributed by atoms with Crippen LogP contribution in [0.5, 0.6) is 0 Å². The first kappa shape index (κ1) is 16.9. The normalized spacial score (nSPS) is 12.9. The monoisotopic (exact) mass is 265 g/mol. The van der Waals surface area contributed by atoms with Gasteiger partial charge in [-0.15, -0.1) is 0 Å². The Morgan fingerprint density at radius 3 is 2.29 bits per heavy atom. The molecule has 5 heteroatoms. The Kier molecular flexibility index (Phi) is 8.00. The number of hydrogen-bond acceptors (Lipinski definition) is 4. The fourth-order valence-corrected chi connectivity index (χ4v) is 2.21. The number of hydrogen-bond donors (Lipinski definition) is 1. The van der Waals surface area contributed by atoms with E-state index in [1.165, 1.54) is 0 Å². The molecule has 0 amide bonds. The van der Waals surface area contributed by atoms with Crippen LogP contribution < -0.4 is 5.32 Å². The first-order valence-electron chi connectivity index (χ1n) is 6.32. The lowest BCUT2D eigenvalue weighted by Crippen LogP contribution is -2.35. The van der Waals surface area contributed by atoms with Crippen molar-refractivity contribution in [2.24, 2.45) is 0 Å². The summed E-state index contributed by atoms with van der Waals surface area (Å²) in [6, 6.07) is 0. The highest BCUT2D eigenvalue weighted by molar-refractivity contribution is 7.92. The standard InChI is InChI=1S/C12H27NO3S/c1-5-9-16-10-6-7-13-8-11-17(14,15)12(2,3)4/h13H,5-11H2,1-4H3. The van der Waals surface area contributed by atoms with Gasteiger partial charge in [-0.05, 0) is 40.2 Å². The highest BCUT2D eigenvalue weighted by Gasteiger charge is 2.27. The molecule has 4 nitrogen and oxygen atoms in total. The third-order valence-corrected chi connectivity index (χ3v) is 5.08. The van der Waals surface area contributed by atoms with Crippen molar-refractivity contribution in [1.82, 2.24) is 5.32 Å². The van der Waals surface area contributed by atoms with Crippen LogP contribution in [0.15, 0.2) is 0 Å². The molecule has 0 aromatic rings. The first-order chi connectivity index (χ1) is 7.81. The van der Waals surface area contributed by atoms with Gasteiger partial charge in [0.1, 0.15) is 0 Å². The van der Waals surface area contributed by atoms with Crippen LogP contribution in [0.4, 0.5) is 0 Å². The molecular weight excluding hydrogens is 238 g/mol. The molecule has 0 unspecified atom stereocenters. The van der Waals surface area contributed by atoms with Crippen molar-refractivity contribution < 1.29 is 13.2 Å². The van der Waals surface area contributed by atoms with Gasteiger partial charge >= 0.3 is 0 Å². The lowest BCUT2D eigenvalue weighted by molar-refractivity contribution is 0.132. The predicted octanol–water partition coefficient (Wildman–Crippen LogP) is 1.61. The smallest absolute Gasteiger partial charge is 0.156 e. The molecule has 104 valence electrons. The van der Waals surface area contributed by atoms with E-state index in [-0.39, 0.29) is 5.75 Å². The van der Waals surface area contributed by atoms with Gasteiger partial charge in [-0.1, -0.05) is 6.92 Å². The molecule has 0 saturated heterocycles. The summed E-state index contributed by atoms with van der Waals surface area (Å²) < 4.78 is 28.2. The third-order valence-electron chi connectivity index (χ3n) is 2.47. The highest BCUT2D eigenvalue weighted by Crippen LogP contribution is 2.14. The predicted molar refractivity (Wildman–Crippen MR) is 72.1 cm³/mol. The Hall–Kier alpha value is -0.130. The molecule has 0 aromatic heterocycles. The fourth-order valence-electron chi connectivity index (χ4n) is 1.18. The maximum Gasteiger partial charge on any atom is 0.156 e. The number of nitrogens with one attached hydrogen (secondary N) is 1. The SMILES string of the molecule is CCCOCCCNCCS(=O)(=O)C(C)(C)C. The summed E-state index contributed by atoms with van der Waals surface area (Å²) in [6.07, 6.45) is 1.97. The molecule has 17 heavy (non-hydrogen) atoms. The van der Waals surface area contributed by atoms with Crippen molar-refractivity contribution in [3.63, 3.8) is 0 Å². The number of sulfone groups is 1. The van der Waals surface area contributed by atoms with Gasteiger partial charge < -0.3 is 10.1 Å². The van der Waals surface area contributed by atoms with E-state index >= 15 is 0 Å². The maximum atomic E-state index is 11.8. The van der Waals surface area contributed by atoms with E-state index in [4.69, 9.17) is 4.74 Å². The van der Waals surface area contributed by atoms with E-state index < -0.39 is 14.6 Å². The molecule has 0 heterocycles. The summed E-state index contributed by atoms with van der Waals surface area (Å²) in [5, 5.41) is 3.13. The second-order valence-electron chi connectivity index (χ2n) is 5.15. The van der Waals surface area contributed by atoms with Crippen LogP contribution in [0.1, 0.15) is 40.5 Å². The summed E-state index contributed by atoms with van der Waals surface area (Å²) in [4.78, 5) is 0. The summed E-state index contributed by atoms with van der Waals surface area (Å²) in [7, 11) is -2.99. The molecule has 0 aliphatic carbocycles. The van der Waals surface area contributed by atoms with Crippen LogP contribution in [-0.4, -0.2) is 45.2 Å². The van der Waals surface area contributed by atoms with Crippen molar-refractivity contribution in [1.29, 1.82) is 0 Å². The Balaban J connectivity index is 3.53. The summed E-state index contributed by atoms with van der Waals surface area (Å²) in [5.41, 5.74) is 0. The lowest BCUT2D eigenvalue weighted by Gasteiger charge is -2.19. The topological polar surface area (TPSA) is 55.4 Å². The van der Waals surface area contributed by atoms with E-state index in [9.17, 15) is 8.42 Å². The minimum Gasteiger partial charge on any atom is -0.381 e. The largest absolute Gasteiger partial charge is 0.381 e. The van der Waals surface area contributed by atoms with E-state index in [0.717, 1.165) is 32.6 Å². The Morgan fingerprint density at radius 1 is 1.12 bits per heavy atom. The molecule has 0 fully saturated rings. The second kappa shape index (κ2) is 8.06. The second-order valence-corrected chi connectivity index (χ2v) is 8.01. The number of rotatable bonds is 9. The molecule has 0 rings (SSSR count). The lowest BCUT2D eigenvalue weighted by atomic mass is 10.3. The van der Waals surface area contributed by atoms with E-state index in [1.807, 2.05) is 0 Å². The third kappa shape index (κ3) is 7.73. The van der Waals surface area contributed by atoms with Crippen molar-refractivity contribution in [3.8, 4) is 0 Å². The van der Waals surface area contributed by atoms with Gasteiger partial charge in [0, 0.05) is 19.8 Å². The molecule has 0 aliphatic rings. The van der Waals surface area contributed by atoms with E-state index in [1.54, 1.807) is 20.8 Å². The first-order valence-corrected chi connectivity index (χ1v) is 7.97. The highest BCUT2D eigenvalue weighted by atomic mass is 32.2. The summed E-state index contributed by atoms with van der Waals surface area (Å²) in [5.74, 6) is 0.201. The van der Waals surface area contributed by atoms with Crippen molar-refractivity contribution >= 4 is 9.84 Å². The summed E-state index contributed by atoms with van der Waals surface area (Å²) >= 11 is 0. The van der Waals surface area contributed by atoms with Crippen LogP contribution in [0.2, 0.25) is 0 Å². The van der Waals surface area contributed by atoms with Crippen LogP contribution >= 0.6 is 0 Å². The molecule has 0 saturated carbocycles. The van der Waals surface area contributed by atoms with E-state index in [0.29, 0.717) is 6.54 Å². The molecule has 0 radical (unpaired) electrons. The molecular formula is C12H27NO3S. The van der Waals surface area contributed by atoms with Crippen LogP contribution in [0.25, 0.3) is 0 Å². The van der Waals surface area contributed by atoms with Crippen molar-refractivity contribution in [2.75, 3.05) is 32.1 Å². The van der Waals surface area contributed by atoms with Crippen molar-refractivity contribution in [2.45, 2.75) is 45.3 Å². The quantitative estimate of drug-likeness (QED) is 0.644. The van der Waals surface area contributed by atoms with Gasteiger partial charge in [-0.3, -0.25) is 0 Å². The minimum atomic E-state index is -2.99. The van der Waals surface area contributed by atoms with Gasteiger partial charge in [-0.2, -0.15) is 0 Å². The Bertz CT molecular complexity index is 281. The maximum absolute atomic E-state index is 11.8. The summed E-state index contributed by atoms with van der Waals surface area (Å²) in [6.45, 7) is 10.2. The van der Waals surface area contributed by atoms with Gasteiger partial charge in [0.15, 0.2) is 9.84 Å². The zero-order valence-electron chi connectivity index (χ0n) is 11.6. The van der Waals surface area contributed by atoms with Crippen LogP contribution in [0, 0.1) is 0 Å². The van der Waals surface area contributed by atoms with Gasteiger partial charge in [-0.25, -0.2) is 8.42 Å². The molecule has 0 aromatic carbocycles. The van der Waals surface area contributed by atoms with Crippen molar-refractivity contribution in [3.05, 3.63) is 0 Å². The molecule has 0 spiro atoms. The zero-order valence-corrected chi connectivity index (χ0v) is 12.4.